The number of rotatable bonds is 41. The van der Waals surface area contributed by atoms with Crippen molar-refractivity contribution < 1.29 is 71.8 Å². The maximum Gasteiger partial charge on any atom is 0.407 e. The molecule has 0 saturated carbocycles. The molecule has 6 amide bonds. The maximum atomic E-state index is 14.3. The number of unbranched alkanes of at least 4 members (excludes halogenated alkanes) is 1. The molecular formula is C86H127BrN6O15. The first-order valence-electron chi connectivity index (χ1n) is 39.5. The molecule has 1 aromatic rings. The molecule has 5 rings (SSSR count). The smallest absolute Gasteiger partial charge is 0.407 e. The summed E-state index contributed by atoms with van der Waals surface area (Å²) in [7, 11) is 0. The number of hydrogen-bond donors (Lipinski definition) is 4. The summed E-state index contributed by atoms with van der Waals surface area (Å²) >= 11 is 3.47. The lowest BCUT2D eigenvalue weighted by atomic mass is 9.83. The Balaban J connectivity index is 0.000000472. The van der Waals surface area contributed by atoms with Crippen molar-refractivity contribution >= 4 is 92.2 Å². The van der Waals surface area contributed by atoms with E-state index in [1.807, 2.05) is 91.8 Å². The summed E-state index contributed by atoms with van der Waals surface area (Å²) in [4.78, 5) is 174. The minimum Gasteiger partial charge on any atom is -0.450 e. The zero-order chi connectivity index (χ0) is 80.8. The standard InChI is InChI=1S/C50H73N3O8.C36H54BrN3O7/c1-31(2)27-34(7)22-23-39(29-38-17-12-11-13-18-38)49(59)53-25-15-21-43(53)45(55)30-41(33(5)6)48(58)52-42(44(54)28-32(3)4)20-14-24-51-50(60)61-26-16-19-40-37(10)46(56)35(8)36(9)47(40)57;1-9-47-36(46)39-27(19-21(2)3)16-17-29(37)35(45)40-18-12-15-30(40)31(41)20-26(34(44)38-22(4)5)13-10-11-14-28-25(8)32(42)23(6)24(7)33(28)43/h11-13,17-18,22-23,31-34,39,41-43H,14-16,19-21,24-30H2,1-10H3,(H,51,60)(H,52,58);16-17,21-22,26-27,29-30H,9-15,18-20H2,1-8H3,(H,38,44)(H,39,46)/b23-22+;17-16+/t34-,39-,41+,42+,43+;26-,27-,29+,30+/m11/s1. The van der Waals surface area contributed by atoms with E-state index >= 15 is 0 Å². The van der Waals surface area contributed by atoms with Gasteiger partial charge in [-0.1, -0.05) is 139 Å². The Hall–Kier alpha value is -7.75. The van der Waals surface area contributed by atoms with Crippen molar-refractivity contribution in [2.24, 2.45) is 47.3 Å². The molecule has 0 aromatic heterocycles. The number of benzene rings is 1. The van der Waals surface area contributed by atoms with Crippen LogP contribution in [0.25, 0.3) is 0 Å². The molecule has 2 aliphatic heterocycles. The zero-order valence-corrected chi connectivity index (χ0v) is 69.5. The van der Waals surface area contributed by atoms with Crippen LogP contribution in [0.5, 0.6) is 0 Å². The van der Waals surface area contributed by atoms with E-state index in [4.69, 9.17) is 9.47 Å². The van der Waals surface area contributed by atoms with Crippen LogP contribution in [-0.2, 0) is 68.6 Å². The predicted octanol–water partition coefficient (Wildman–Crippen LogP) is 14.4. The zero-order valence-electron chi connectivity index (χ0n) is 67.9. The van der Waals surface area contributed by atoms with Gasteiger partial charge in [0.05, 0.1) is 43.3 Å². The van der Waals surface area contributed by atoms with Crippen LogP contribution in [0.15, 0.2) is 99.2 Å². The summed E-state index contributed by atoms with van der Waals surface area (Å²) < 4.78 is 10.3. The summed E-state index contributed by atoms with van der Waals surface area (Å²) in [6.07, 6.45) is 14.8. The molecule has 9 atom stereocenters. The third-order valence-electron chi connectivity index (χ3n) is 20.7. The summed E-state index contributed by atoms with van der Waals surface area (Å²) in [6.45, 7) is 35.1. The number of allylic oxidation sites excluding steroid dienone is 9. The summed E-state index contributed by atoms with van der Waals surface area (Å²) in [6, 6.07) is 7.47. The Morgan fingerprint density at radius 3 is 1.63 bits per heavy atom. The Bertz CT molecular complexity index is 3540. The van der Waals surface area contributed by atoms with Crippen LogP contribution in [0.2, 0.25) is 0 Å². The molecule has 2 aliphatic carbocycles. The number of carbonyl (C=O) groups excluding carboxylic acids is 13. The van der Waals surface area contributed by atoms with Gasteiger partial charge in [0.1, 0.15) is 4.83 Å². The Labute approximate surface area is 651 Å². The molecule has 108 heavy (non-hydrogen) atoms. The van der Waals surface area contributed by atoms with Crippen LogP contribution in [0.3, 0.4) is 0 Å². The minimum absolute atomic E-state index is 0.00982. The molecule has 1 aromatic carbocycles. The average molecular weight is 1560 g/mol. The summed E-state index contributed by atoms with van der Waals surface area (Å²) in [5, 5.41) is 11.4. The number of carbonyl (C=O) groups is 13. The number of Topliss-reactive ketones (excluding diaryl/α,β-unsaturated/α-hetero) is 7. The highest BCUT2D eigenvalue weighted by molar-refractivity contribution is 9.10. The number of nitrogens with one attached hydrogen (secondary N) is 4. The van der Waals surface area contributed by atoms with E-state index in [0.29, 0.717) is 159 Å². The van der Waals surface area contributed by atoms with Gasteiger partial charge in [0.2, 0.25) is 23.6 Å². The van der Waals surface area contributed by atoms with Crippen LogP contribution in [0, 0.1) is 47.3 Å². The van der Waals surface area contributed by atoms with Crippen LogP contribution in [0.1, 0.15) is 239 Å². The van der Waals surface area contributed by atoms with Gasteiger partial charge >= 0.3 is 12.2 Å². The first-order chi connectivity index (χ1) is 50.9. The van der Waals surface area contributed by atoms with E-state index in [9.17, 15) is 62.3 Å². The van der Waals surface area contributed by atoms with Crippen LogP contribution in [-0.4, -0.2) is 154 Å². The summed E-state index contributed by atoms with van der Waals surface area (Å²) in [5.41, 5.74) is 4.83. The van der Waals surface area contributed by atoms with Gasteiger partial charge in [-0.2, -0.15) is 0 Å². The van der Waals surface area contributed by atoms with Gasteiger partial charge in [0.25, 0.3) is 0 Å². The van der Waals surface area contributed by atoms with E-state index in [1.54, 1.807) is 70.4 Å². The molecule has 2 fully saturated rings. The number of likely N-dealkylation sites (tertiary alicyclic amines) is 2. The molecule has 4 aliphatic rings. The quantitative estimate of drug-likeness (QED) is 0.0205. The number of alkyl halides is 1. The van der Waals surface area contributed by atoms with Crippen molar-refractivity contribution in [2.45, 2.75) is 275 Å². The van der Waals surface area contributed by atoms with Crippen LogP contribution >= 0.6 is 15.9 Å². The molecule has 0 bridgehead atoms. The van der Waals surface area contributed by atoms with E-state index < -0.39 is 52.9 Å². The lowest BCUT2D eigenvalue weighted by molar-refractivity contribution is -0.141. The topological polar surface area (TPSA) is 295 Å². The number of halogens is 1. The number of ketones is 7. The number of hydrogen-bond acceptors (Lipinski definition) is 15. The van der Waals surface area contributed by atoms with Crippen molar-refractivity contribution in [3.05, 3.63) is 105 Å². The number of ether oxygens (including phenoxy) is 2. The minimum atomic E-state index is -0.800. The van der Waals surface area contributed by atoms with Crippen molar-refractivity contribution in [1.82, 2.24) is 31.1 Å². The fraction of sp³-hybridized carbons (Fsp3) is 0.640. The number of amides is 6. The second kappa shape index (κ2) is 46.0. The summed E-state index contributed by atoms with van der Waals surface area (Å²) in [5.74, 6) is -2.47. The second-order valence-corrected chi connectivity index (χ2v) is 32.8. The fourth-order valence-electron chi connectivity index (χ4n) is 14.5. The second-order valence-electron chi connectivity index (χ2n) is 31.8. The molecular weight excluding hydrogens is 1440 g/mol. The molecule has 2 saturated heterocycles. The number of nitrogens with zero attached hydrogens (tertiary/aromatic N) is 2. The average Bonchev–Trinajstić information content (AvgIpc) is 1.01. The highest BCUT2D eigenvalue weighted by Crippen LogP contribution is 2.33. The van der Waals surface area contributed by atoms with Crippen LogP contribution in [0.4, 0.5) is 9.59 Å². The molecule has 21 nitrogen and oxygen atoms in total. The highest BCUT2D eigenvalue weighted by Gasteiger charge is 2.41. The van der Waals surface area contributed by atoms with Crippen molar-refractivity contribution in [3.8, 4) is 0 Å². The van der Waals surface area contributed by atoms with Gasteiger partial charge in [0.15, 0.2) is 40.5 Å². The van der Waals surface area contributed by atoms with Gasteiger partial charge in [-0.3, -0.25) is 52.7 Å². The lowest BCUT2D eigenvalue weighted by Gasteiger charge is -2.29. The Kier molecular flexibility index (Phi) is 39.5. The van der Waals surface area contributed by atoms with E-state index in [-0.39, 0.29) is 133 Å². The normalized spacial score (nSPS) is 18.5. The SMILES string of the molecule is CC1=C(C)C(=O)C(CCCOC(=O)NCCC[C@H](NC(=O)[C@@H](CC(=O)[C@@H]2CCCN2C(=O)[C@H](/C=C/[C@@H](C)CC(C)C)Cc2ccccc2)C(C)C)C(=O)CC(C)C)=C(C)C1=O.CCOC(=O)N[C@H](/C=C/[C@H](Br)C(=O)N1CCC[C@H]1C(=O)C[C@@H](CCCCC1=C(C)C(=O)C(C)=C(C)C1=O)C(=O)NC(C)C)CC(C)C. The third-order valence-corrected chi connectivity index (χ3v) is 21.4. The van der Waals surface area contributed by atoms with Crippen molar-refractivity contribution in [3.63, 3.8) is 0 Å². The first kappa shape index (κ1) is 92.6. The van der Waals surface area contributed by atoms with Gasteiger partial charge in [-0.25, -0.2) is 9.59 Å². The maximum absolute atomic E-state index is 14.3. The third kappa shape index (κ3) is 29.2. The van der Waals surface area contributed by atoms with E-state index in [2.05, 4.69) is 64.0 Å². The first-order valence-corrected chi connectivity index (χ1v) is 40.4. The monoisotopic (exact) mass is 1560 g/mol. The van der Waals surface area contributed by atoms with Crippen molar-refractivity contribution in [2.75, 3.05) is 32.8 Å². The number of alkyl carbamates (subject to hydrolysis) is 2. The molecule has 22 heteroatoms. The molecule has 0 unspecified atom stereocenters. The highest BCUT2D eigenvalue weighted by atomic mass is 79.9. The molecule has 0 spiro atoms. The fourth-order valence-corrected chi connectivity index (χ4v) is 14.9. The molecule has 4 N–H and O–H groups in total. The van der Waals surface area contributed by atoms with Gasteiger partial charge in [-0.15, -0.1) is 0 Å². The van der Waals surface area contributed by atoms with Crippen LogP contribution < -0.4 is 21.3 Å². The molecule has 598 valence electrons. The van der Waals surface area contributed by atoms with E-state index in [1.165, 1.54) is 0 Å². The Morgan fingerprint density at radius 2 is 1.09 bits per heavy atom. The van der Waals surface area contributed by atoms with Gasteiger partial charge < -0.3 is 40.5 Å². The largest absolute Gasteiger partial charge is 0.450 e. The van der Waals surface area contributed by atoms with Gasteiger partial charge in [0, 0.05) is 101 Å². The van der Waals surface area contributed by atoms with Gasteiger partial charge in [-0.05, 0) is 187 Å². The van der Waals surface area contributed by atoms with E-state index in [0.717, 1.165) is 12.0 Å². The molecule has 2 heterocycles. The predicted molar refractivity (Wildman–Crippen MR) is 425 cm³/mol. The Morgan fingerprint density at radius 1 is 0.546 bits per heavy atom. The lowest BCUT2D eigenvalue weighted by Crippen LogP contribution is -2.48. The van der Waals surface area contributed by atoms with Crippen molar-refractivity contribution in [1.29, 1.82) is 0 Å². The molecule has 0 radical (unpaired) electrons.